The molecule has 0 bridgehead atoms. The van der Waals surface area contributed by atoms with E-state index in [1.165, 1.54) is 0 Å². The van der Waals surface area contributed by atoms with Gasteiger partial charge in [0.15, 0.2) is 5.15 Å². The molecule has 0 aromatic carbocycles. The molecule has 20 heavy (non-hydrogen) atoms. The number of nitrogens with one attached hydrogen (secondary N) is 1. The largest absolute Gasteiger partial charge is 0.444 e. The van der Waals surface area contributed by atoms with Gasteiger partial charge in [-0.15, -0.1) is 0 Å². The normalized spacial score (nSPS) is 14.7. The molecule has 0 radical (unpaired) electrons. The lowest BCUT2D eigenvalue weighted by Crippen LogP contribution is -2.27. The second-order valence-electron chi connectivity index (χ2n) is 5.45. The van der Waals surface area contributed by atoms with E-state index in [4.69, 9.17) is 21.1 Å². The molecule has 2 rings (SSSR count). The highest BCUT2D eigenvalue weighted by Crippen LogP contribution is 2.36. The van der Waals surface area contributed by atoms with Crippen LogP contribution >= 0.6 is 27.5 Å². The van der Waals surface area contributed by atoms with Gasteiger partial charge in [-0.05, 0) is 36.7 Å². The number of hydrogen-bond acceptors (Lipinski definition) is 4. The number of fused-ring (bicyclic) bond motifs is 1. The minimum atomic E-state index is -0.576. The molecule has 1 N–H and O–H groups in total. The molecule has 2 heterocycles. The highest BCUT2D eigenvalue weighted by atomic mass is 79.9. The summed E-state index contributed by atoms with van der Waals surface area (Å²) >= 11 is 9.58. The molecule has 0 aliphatic carbocycles. The van der Waals surface area contributed by atoms with Crippen LogP contribution in [0.1, 0.15) is 32.0 Å². The molecule has 110 valence electrons. The highest BCUT2D eigenvalue weighted by Gasteiger charge is 2.23. The Morgan fingerprint density at radius 1 is 1.50 bits per heavy atom. The van der Waals surface area contributed by atoms with Crippen molar-refractivity contribution in [1.82, 2.24) is 4.98 Å². The molecule has 1 aliphatic heterocycles. The summed E-state index contributed by atoms with van der Waals surface area (Å²) < 4.78 is 11.3. The molecule has 0 fully saturated rings. The zero-order valence-electron chi connectivity index (χ0n) is 11.5. The molecule has 0 spiro atoms. The van der Waals surface area contributed by atoms with Crippen molar-refractivity contribution in [2.75, 3.05) is 11.9 Å². The number of pyridine rings is 1. The van der Waals surface area contributed by atoms with Gasteiger partial charge in [-0.3, -0.25) is 5.32 Å². The fraction of sp³-hybridized carbons (Fsp3) is 0.538. The number of rotatable bonds is 1. The first-order valence-corrected chi connectivity index (χ1v) is 7.39. The van der Waals surface area contributed by atoms with Crippen molar-refractivity contribution in [2.24, 2.45) is 0 Å². The number of carbonyl (C=O) groups is 1. The first-order valence-electron chi connectivity index (χ1n) is 6.22. The maximum absolute atomic E-state index is 11.8. The summed E-state index contributed by atoms with van der Waals surface area (Å²) in [4.78, 5) is 16.1. The maximum Gasteiger partial charge on any atom is 0.412 e. The van der Waals surface area contributed by atoms with E-state index in [9.17, 15) is 4.79 Å². The van der Waals surface area contributed by atoms with Crippen molar-refractivity contribution in [3.8, 4) is 0 Å². The minimum Gasteiger partial charge on any atom is -0.444 e. The second kappa shape index (κ2) is 5.87. The summed E-state index contributed by atoms with van der Waals surface area (Å²) in [5.41, 5.74) is 1.63. The average Bonchev–Trinajstić information content (AvgIpc) is 2.32. The first-order chi connectivity index (χ1) is 9.28. The van der Waals surface area contributed by atoms with Crippen molar-refractivity contribution < 1.29 is 14.3 Å². The average molecular weight is 364 g/mol. The molecule has 5 nitrogen and oxygen atoms in total. The molecule has 7 heteroatoms. The molecule has 1 aromatic heterocycles. The Kier molecular flexibility index (Phi) is 4.56. The molecular weight excluding hydrogens is 348 g/mol. The van der Waals surface area contributed by atoms with Crippen molar-refractivity contribution in [3.63, 3.8) is 0 Å². The number of aromatic nitrogens is 1. The van der Waals surface area contributed by atoms with Crippen LogP contribution in [-0.4, -0.2) is 23.3 Å². The van der Waals surface area contributed by atoms with Crippen molar-refractivity contribution in [1.29, 1.82) is 0 Å². The first kappa shape index (κ1) is 15.5. The minimum absolute atomic E-state index is 0.239. The molecule has 0 saturated carbocycles. The van der Waals surface area contributed by atoms with E-state index in [2.05, 4.69) is 26.2 Å². The lowest BCUT2D eigenvalue weighted by molar-refractivity contribution is 0.0635. The highest BCUT2D eigenvalue weighted by molar-refractivity contribution is 9.10. The Balaban J connectivity index is 2.26. The lowest BCUT2D eigenvalue weighted by Gasteiger charge is -2.22. The molecule has 0 unspecified atom stereocenters. The topological polar surface area (TPSA) is 60.5 Å². The van der Waals surface area contributed by atoms with E-state index < -0.39 is 11.7 Å². The van der Waals surface area contributed by atoms with Crippen LogP contribution in [0.2, 0.25) is 5.15 Å². The smallest absolute Gasteiger partial charge is 0.412 e. The molecule has 0 atom stereocenters. The van der Waals surface area contributed by atoms with Gasteiger partial charge in [0.1, 0.15) is 5.60 Å². The van der Waals surface area contributed by atoms with Crippen LogP contribution in [-0.2, 0) is 22.5 Å². The SMILES string of the molecule is CC(C)(C)OC(=O)Nc1c(Cl)nc2c(c1Br)COCC2. The third kappa shape index (κ3) is 3.62. The Bertz CT molecular complexity index is 543. The summed E-state index contributed by atoms with van der Waals surface area (Å²) in [6.45, 7) is 6.46. The number of anilines is 1. The van der Waals surface area contributed by atoms with Gasteiger partial charge < -0.3 is 9.47 Å². The fourth-order valence-corrected chi connectivity index (χ4v) is 2.81. The number of halogens is 2. The summed E-state index contributed by atoms with van der Waals surface area (Å²) in [7, 11) is 0. The summed E-state index contributed by atoms with van der Waals surface area (Å²) in [5.74, 6) is 0. The predicted molar refractivity (Wildman–Crippen MR) is 80.2 cm³/mol. The Hall–Kier alpha value is -0.850. The van der Waals surface area contributed by atoms with Gasteiger partial charge in [0, 0.05) is 12.0 Å². The Morgan fingerprint density at radius 2 is 2.20 bits per heavy atom. The van der Waals surface area contributed by atoms with E-state index in [0.717, 1.165) is 11.3 Å². The van der Waals surface area contributed by atoms with Gasteiger partial charge in [-0.1, -0.05) is 11.6 Å². The van der Waals surface area contributed by atoms with Gasteiger partial charge in [0.2, 0.25) is 0 Å². The molecule has 1 aliphatic rings. The van der Waals surface area contributed by atoms with Gasteiger partial charge in [0.25, 0.3) is 0 Å². The second-order valence-corrected chi connectivity index (χ2v) is 6.60. The fourth-order valence-electron chi connectivity index (χ4n) is 1.82. The monoisotopic (exact) mass is 362 g/mol. The van der Waals surface area contributed by atoms with Crippen LogP contribution in [0, 0.1) is 0 Å². The number of nitrogens with zero attached hydrogens (tertiary/aromatic N) is 1. The molecule has 1 amide bonds. The third-order valence-corrected chi connectivity index (χ3v) is 3.78. The van der Waals surface area contributed by atoms with E-state index >= 15 is 0 Å². The van der Waals surface area contributed by atoms with Gasteiger partial charge in [-0.25, -0.2) is 9.78 Å². The van der Waals surface area contributed by atoms with Crippen LogP contribution in [0.3, 0.4) is 0 Å². The standard InChI is InChI=1S/C13H16BrClN2O3/c1-13(2,3)20-12(18)17-10-9(14)7-6-19-5-4-8(7)16-11(10)15/h4-6H2,1-3H3,(H,17,18). The number of ether oxygens (including phenoxy) is 2. The van der Waals surface area contributed by atoms with Gasteiger partial charge in [0.05, 0.1) is 29.1 Å². The van der Waals surface area contributed by atoms with Crippen LogP contribution in [0.25, 0.3) is 0 Å². The van der Waals surface area contributed by atoms with Crippen LogP contribution in [0.5, 0.6) is 0 Å². The lowest BCUT2D eigenvalue weighted by atomic mass is 10.1. The summed E-state index contributed by atoms with van der Waals surface area (Å²) in [6.07, 6.45) is 0.138. The van der Waals surface area contributed by atoms with Crippen molar-refractivity contribution >= 4 is 39.3 Å². The maximum atomic E-state index is 11.8. The van der Waals surface area contributed by atoms with Crippen molar-refractivity contribution in [2.45, 2.75) is 39.4 Å². The van der Waals surface area contributed by atoms with Gasteiger partial charge in [-0.2, -0.15) is 0 Å². The quantitative estimate of drug-likeness (QED) is 0.768. The van der Waals surface area contributed by atoms with E-state index in [0.29, 0.717) is 29.8 Å². The molecule has 0 saturated heterocycles. The number of hydrogen-bond donors (Lipinski definition) is 1. The third-order valence-electron chi connectivity index (χ3n) is 2.63. The van der Waals surface area contributed by atoms with Crippen LogP contribution in [0.15, 0.2) is 4.47 Å². The number of amides is 1. The van der Waals surface area contributed by atoms with Crippen molar-refractivity contribution in [3.05, 3.63) is 20.9 Å². The summed E-state index contributed by atoms with van der Waals surface area (Å²) in [6, 6.07) is 0. The van der Waals surface area contributed by atoms with Crippen LogP contribution in [0.4, 0.5) is 10.5 Å². The number of carbonyl (C=O) groups excluding carboxylic acids is 1. The summed E-state index contributed by atoms with van der Waals surface area (Å²) in [5, 5.41) is 2.87. The zero-order valence-corrected chi connectivity index (χ0v) is 13.9. The van der Waals surface area contributed by atoms with E-state index in [1.807, 2.05) is 0 Å². The van der Waals surface area contributed by atoms with E-state index in [1.54, 1.807) is 20.8 Å². The van der Waals surface area contributed by atoms with Crippen LogP contribution < -0.4 is 5.32 Å². The molecular formula is C13H16BrClN2O3. The van der Waals surface area contributed by atoms with E-state index in [-0.39, 0.29) is 5.15 Å². The predicted octanol–water partition coefficient (Wildman–Crippen LogP) is 3.92. The Morgan fingerprint density at radius 3 is 2.85 bits per heavy atom. The van der Waals surface area contributed by atoms with Gasteiger partial charge >= 0.3 is 6.09 Å². The zero-order chi connectivity index (χ0) is 14.9. The molecule has 1 aromatic rings. The Labute approximate surface area is 131 Å².